The molecule has 1 heterocycles. The van der Waals surface area contributed by atoms with Crippen LogP contribution < -0.4 is 0 Å². The molecule has 0 saturated carbocycles. The topological polar surface area (TPSA) is 55.1 Å². The number of carboxylic acid groups (broad SMARTS) is 1. The van der Waals surface area contributed by atoms with Crippen LogP contribution in [-0.4, -0.2) is 20.6 Å². The van der Waals surface area contributed by atoms with E-state index in [0.29, 0.717) is 6.42 Å². The van der Waals surface area contributed by atoms with Crippen LogP contribution in [0.4, 0.5) is 0 Å². The van der Waals surface area contributed by atoms with E-state index in [2.05, 4.69) is 16.8 Å². The Kier molecular flexibility index (Phi) is 4.29. The first kappa shape index (κ1) is 10.3. The van der Waals surface area contributed by atoms with Gasteiger partial charge in [-0.3, -0.25) is 0 Å². The van der Waals surface area contributed by atoms with Crippen molar-refractivity contribution in [3.05, 3.63) is 18.7 Å². The SMILES string of the molecule is O=C(O)C#CCCCCn1ccnc1. The smallest absolute Gasteiger partial charge is 0.381 e. The van der Waals surface area contributed by atoms with Crippen LogP contribution in [0.3, 0.4) is 0 Å². The third-order valence-corrected chi connectivity index (χ3v) is 1.72. The van der Waals surface area contributed by atoms with Crippen molar-refractivity contribution in [2.24, 2.45) is 0 Å². The molecule has 0 fully saturated rings. The van der Waals surface area contributed by atoms with Crippen LogP contribution in [0.25, 0.3) is 0 Å². The molecule has 1 rings (SSSR count). The van der Waals surface area contributed by atoms with Gasteiger partial charge in [-0.05, 0) is 12.8 Å². The zero-order chi connectivity index (χ0) is 10.2. The molecule has 0 spiro atoms. The molecule has 0 aliphatic heterocycles. The summed E-state index contributed by atoms with van der Waals surface area (Å²) in [5.74, 6) is 3.62. The fourth-order valence-electron chi connectivity index (χ4n) is 1.06. The lowest BCUT2D eigenvalue weighted by atomic mass is 10.2. The molecular weight excluding hydrogens is 180 g/mol. The summed E-state index contributed by atoms with van der Waals surface area (Å²) in [4.78, 5) is 14.0. The fraction of sp³-hybridized carbons (Fsp3) is 0.400. The maximum atomic E-state index is 10.0. The maximum Gasteiger partial charge on any atom is 0.381 e. The maximum absolute atomic E-state index is 10.0. The zero-order valence-electron chi connectivity index (χ0n) is 7.81. The van der Waals surface area contributed by atoms with Gasteiger partial charge in [0.05, 0.1) is 6.33 Å². The van der Waals surface area contributed by atoms with E-state index in [1.54, 1.807) is 12.5 Å². The number of aromatic nitrogens is 2. The van der Waals surface area contributed by atoms with Crippen molar-refractivity contribution in [3.63, 3.8) is 0 Å². The number of imidazole rings is 1. The predicted octanol–water partition coefficient (Wildman–Crippen LogP) is 1.14. The van der Waals surface area contributed by atoms with Gasteiger partial charge >= 0.3 is 5.97 Å². The third kappa shape index (κ3) is 4.31. The lowest BCUT2D eigenvalue weighted by molar-refractivity contribution is -0.130. The van der Waals surface area contributed by atoms with Crippen LogP contribution in [0, 0.1) is 11.8 Å². The molecule has 14 heavy (non-hydrogen) atoms. The van der Waals surface area contributed by atoms with E-state index in [1.165, 1.54) is 0 Å². The van der Waals surface area contributed by atoms with Gasteiger partial charge in [0.2, 0.25) is 0 Å². The van der Waals surface area contributed by atoms with Gasteiger partial charge in [0.25, 0.3) is 0 Å². The van der Waals surface area contributed by atoms with Gasteiger partial charge in [-0.25, -0.2) is 9.78 Å². The van der Waals surface area contributed by atoms with Gasteiger partial charge in [0.15, 0.2) is 0 Å². The highest BCUT2D eigenvalue weighted by molar-refractivity contribution is 5.86. The number of carbonyl (C=O) groups is 1. The van der Waals surface area contributed by atoms with Crippen molar-refractivity contribution >= 4 is 5.97 Å². The summed E-state index contributed by atoms with van der Waals surface area (Å²) >= 11 is 0. The summed E-state index contributed by atoms with van der Waals surface area (Å²) in [7, 11) is 0. The number of hydrogen-bond acceptors (Lipinski definition) is 2. The lowest BCUT2D eigenvalue weighted by Crippen LogP contribution is -1.93. The van der Waals surface area contributed by atoms with Crippen LogP contribution in [0.1, 0.15) is 19.3 Å². The first-order valence-electron chi connectivity index (χ1n) is 4.46. The van der Waals surface area contributed by atoms with E-state index in [-0.39, 0.29) is 0 Å². The van der Waals surface area contributed by atoms with Gasteiger partial charge in [-0.15, -0.1) is 0 Å². The van der Waals surface area contributed by atoms with Gasteiger partial charge < -0.3 is 9.67 Å². The van der Waals surface area contributed by atoms with E-state index in [1.807, 2.05) is 10.8 Å². The second-order valence-corrected chi connectivity index (χ2v) is 2.86. The van der Waals surface area contributed by atoms with E-state index >= 15 is 0 Å². The van der Waals surface area contributed by atoms with Gasteiger partial charge in [-0.2, -0.15) is 0 Å². The highest BCUT2D eigenvalue weighted by Gasteiger charge is 1.89. The Balaban J connectivity index is 2.06. The summed E-state index contributed by atoms with van der Waals surface area (Å²) < 4.78 is 1.99. The van der Waals surface area contributed by atoms with Crippen molar-refractivity contribution in [2.45, 2.75) is 25.8 Å². The Morgan fingerprint density at radius 3 is 3.00 bits per heavy atom. The molecule has 0 unspecified atom stereocenters. The van der Waals surface area contributed by atoms with E-state index in [9.17, 15) is 4.79 Å². The summed E-state index contributed by atoms with van der Waals surface area (Å²) in [6.45, 7) is 0.911. The monoisotopic (exact) mass is 192 g/mol. The second-order valence-electron chi connectivity index (χ2n) is 2.86. The second kappa shape index (κ2) is 5.81. The first-order chi connectivity index (χ1) is 6.79. The summed E-state index contributed by atoms with van der Waals surface area (Å²) in [5, 5.41) is 8.23. The standard InChI is InChI=1S/C10H12N2O2/c13-10(14)5-3-1-2-4-7-12-8-6-11-9-12/h6,8-9H,1-2,4,7H2,(H,13,14). The number of unbranched alkanes of at least 4 members (excludes halogenated alkanes) is 2. The number of aryl methyl sites for hydroxylation is 1. The Morgan fingerprint density at radius 2 is 2.36 bits per heavy atom. The van der Waals surface area contributed by atoms with Crippen LogP contribution in [0.5, 0.6) is 0 Å². The predicted molar refractivity (Wildman–Crippen MR) is 51.5 cm³/mol. The van der Waals surface area contributed by atoms with E-state index in [0.717, 1.165) is 19.4 Å². The molecule has 0 bridgehead atoms. The van der Waals surface area contributed by atoms with Crippen molar-refractivity contribution in [1.29, 1.82) is 0 Å². The summed E-state index contributed by atoms with van der Waals surface area (Å²) in [6.07, 6.45) is 7.96. The van der Waals surface area contributed by atoms with Crippen molar-refractivity contribution in [3.8, 4) is 11.8 Å². The van der Waals surface area contributed by atoms with Crippen LogP contribution >= 0.6 is 0 Å². The van der Waals surface area contributed by atoms with Crippen molar-refractivity contribution < 1.29 is 9.90 Å². The molecule has 4 heteroatoms. The Bertz CT molecular complexity index is 333. The molecular formula is C10H12N2O2. The lowest BCUT2D eigenvalue weighted by Gasteiger charge is -1.98. The number of nitrogens with zero attached hydrogens (tertiary/aromatic N) is 2. The Hall–Kier alpha value is -1.76. The molecule has 0 amide bonds. The van der Waals surface area contributed by atoms with Crippen molar-refractivity contribution in [2.75, 3.05) is 0 Å². The molecule has 1 N–H and O–H groups in total. The minimum Gasteiger partial charge on any atom is -0.472 e. The van der Waals surface area contributed by atoms with Crippen LogP contribution in [0.2, 0.25) is 0 Å². The largest absolute Gasteiger partial charge is 0.472 e. The van der Waals surface area contributed by atoms with Gasteiger partial charge in [0.1, 0.15) is 0 Å². The highest BCUT2D eigenvalue weighted by atomic mass is 16.4. The zero-order valence-corrected chi connectivity index (χ0v) is 7.81. The molecule has 1 aromatic rings. The molecule has 4 nitrogen and oxygen atoms in total. The quantitative estimate of drug-likeness (QED) is 0.575. The molecule has 0 aromatic carbocycles. The summed E-state index contributed by atoms with van der Waals surface area (Å²) in [6, 6.07) is 0. The number of carboxylic acids is 1. The number of hydrogen-bond donors (Lipinski definition) is 1. The molecule has 0 saturated heterocycles. The van der Waals surface area contributed by atoms with Gasteiger partial charge in [-0.1, -0.05) is 5.92 Å². The normalized spacial score (nSPS) is 9.14. The van der Waals surface area contributed by atoms with Gasteiger partial charge in [0, 0.05) is 31.3 Å². The summed E-state index contributed by atoms with van der Waals surface area (Å²) in [5.41, 5.74) is 0. The van der Waals surface area contributed by atoms with E-state index < -0.39 is 5.97 Å². The third-order valence-electron chi connectivity index (χ3n) is 1.72. The highest BCUT2D eigenvalue weighted by Crippen LogP contribution is 1.97. The number of aliphatic carboxylic acids is 1. The minimum absolute atomic E-state index is 0.640. The molecule has 0 radical (unpaired) electrons. The van der Waals surface area contributed by atoms with Crippen LogP contribution in [-0.2, 0) is 11.3 Å². The Morgan fingerprint density at radius 1 is 1.50 bits per heavy atom. The average molecular weight is 192 g/mol. The minimum atomic E-state index is -1.06. The average Bonchev–Trinajstić information content (AvgIpc) is 2.63. The first-order valence-corrected chi connectivity index (χ1v) is 4.46. The van der Waals surface area contributed by atoms with Crippen molar-refractivity contribution in [1.82, 2.24) is 9.55 Å². The molecule has 74 valence electrons. The molecule has 0 aliphatic carbocycles. The van der Waals surface area contributed by atoms with Crippen LogP contribution in [0.15, 0.2) is 18.7 Å². The molecule has 0 atom stereocenters. The fourth-order valence-corrected chi connectivity index (χ4v) is 1.06. The molecule has 1 aromatic heterocycles. The molecule has 0 aliphatic rings. The number of rotatable bonds is 4. The Labute approximate surface area is 82.6 Å². The van der Waals surface area contributed by atoms with E-state index in [4.69, 9.17) is 5.11 Å².